The van der Waals surface area contributed by atoms with Crippen molar-refractivity contribution in [2.45, 2.75) is 6.92 Å². The van der Waals surface area contributed by atoms with Crippen LogP contribution >= 0.6 is 0 Å². The van der Waals surface area contributed by atoms with Gasteiger partial charge in [-0.1, -0.05) is 0 Å². The zero-order valence-electron chi connectivity index (χ0n) is 7.85. The van der Waals surface area contributed by atoms with Crippen molar-refractivity contribution < 1.29 is 19.4 Å². The first-order chi connectivity index (χ1) is 6.50. The zero-order chi connectivity index (χ0) is 10.7. The van der Waals surface area contributed by atoms with Gasteiger partial charge in [-0.2, -0.15) is 0 Å². The van der Waals surface area contributed by atoms with Crippen molar-refractivity contribution in [2.75, 3.05) is 6.61 Å². The number of ether oxygens (including phenoxy) is 1. The monoisotopic (exact) mass is 198 g/mol. The van der Waals surface area contributed by atoms with E-state index in [0.717, 1.165) is 0 Å². The quantitative estimate of drug-likeness (QED) is 0.741. The molecule has 1 rings (SSSR count). The summed E-state index contributed by atoms with van der Waals surface area (Å²) in [6.07, 6.45) is 0. The third-order valence-corrected chi connectivity index (χ3v) is 1.50. The normalized spacial score (nSPS) is 9.86. The van der Waals surface area contributed by atoms with Crippen LogP contribution in [-0.4, -0.2) is 33.2 Å². The predicted octanol–water partition coefficient (Wildman–Crippen LogP) is 0.0861. The largest absolute Gasteiger partial charge is 0.477 e. The van der Waals surface area contributed by atoms with Crippen LogP contribution < -0.4 is 4.74 Å². The summed E-state index contributed by atoms with van der Waals surface area (Å²) in [5.41, 5.74) is 0.0172. The standard InChI is InChI=1S/C8H10N2O4/c1-5(11)4-14-7-3-6(8(12)13)10(2)9-7/h3H,4H2,1-2H3,(H,12,13). The molecule has 0 fully saturated rings. The van der Waals surface area contributed by atoms with Crippen LogP contribution in [0.25, 0.3) is 0 Å². The summed E-state index contributed by atoms with van der Waals surface area (Å²) in [5.74, 6) is -1.09. The third-order valence-electron chi connectivity index (χ3n) is 1.50. The van der Waals surface area contributed by atoms with Crippen molar-refractivity contribution in [3.8, 4) is 5.88 Å². The van der Waals surface area contributed by atoms with E-state index in [1.54, 1.807) is 0 Å². The van der Waals surface area contributed by atoms with Crippen LogP contribution in [0.5, 0.6) is 5.88 Å². The molecule has 14 heavy (non-hydrogen) atoms. The zero-order valence-corrected chi connectivity index (χ0v) is 7.85. The molecule has 6 heteroatoms. The first kappa shape index (κ1) is 10.2. The average Bonchev–Trinajstić information content (AvgIpc) is 2.43. The van der Waals surface area contributed by atoms with Crippen LogP contribution in [0.4, 0.5) is 0 Å². The van der Waals surface area contributed by atoms with Gasteiger partial charge in [0.1, 0.15) is 12.3 Å². The van der Waals surface area contributed by atoms with Gasteiger partial charge >= 0.3 is 5.97 Å². The molecular formula is C8H10N2O4. The lowest BCUT2D eigenvalue weighted by molar-refractivity contribution is -0.119. The van der Waals surface area contributed by atoms with Crippen molar-refractivity contribution in [3.63, 3.8) is 0 Å². The molecular weight excluding hydrogens is 188 g/mol. The molecule has 0 atom stereocenters. The molecule has 0 saturated carbocycles. The highest BCUT2D eigenvalue weighted by atomic mass is 16.5. The molecule has 0 spiro atoms. The first-order valence-electron chi connectivity index (χ1n) is 3.90. The van der Waals surface area contributed by atoms with Gasteiger partial charge in [-0.05, 0) is 6.92 Å². The van der Waals surface area contributed by atoms with E-state index in [4.69, 9.17) is 9.84 Å². The van der Waals surface area contributed by atoms with Gasteiger partial charge < -0.3 is 9.84 Å². The number of aromatic carboxylic acids is 1. The number of hydrogen-bond acceptors (Lipinski definition) is 4. The van der Waals surface area contributed by atoms with Gasteiger partial charge in [0.25, 0.3) is 0 Å². The summed E-state index contributed by atoms with van der Waals surface area (Å²) < 4.78 is 6.11. The number of ketones is 1. The second-order valence-corrected chi connectivity index (χ2v) is 2.79. The second-order valence-electron chi connectivity index (χ2n) is 2.79. The lowest BCUT2D eigenvalue weighted by Crippen LogP contribution is -2.07. The maximum atomic E-state index is 10.6. The van der Waals surface area contributed by atoms with Crippen LogP contribution in [0.15, 0.2) is 6.07 Å². The van der Waals surface area contributed by atoms with Gasteiger partial charge in [-0.3, -0.25) is 9.48 Å². The molecule has 0 radical (unpaired) electrons. The minimum atomic E-state index is -1.09. The number of hydrogen-bond donors (Lipinski definition) is 1. The van der Waals surface area contributed by atoms with E-state index >= 15 is 0 Å². The number of carbonyl (C=O) groups excluding carboxylic acids is 1. The molecule has 1 aromatic heterocycles. The molecule has 0 unspecified atom stereocenters. The van der Waals surface area contributed by atoms with E-state index < -0.39 is 5.97 Å². The minimum absolute atomic E-state index is 0.0172. The van der Waals surface area contributed by atoms with Crippen LogP contribution in [-0.2, 0) is 11.8 Å². The Morgan fingerprint density at radius 2 is 2.29 bits per heavy atom. The number of carbonyl (C=O) groups is 2. The van der Waals surface area contributed by atoms with E-state index in [1.165, 1.54) is 24.7 Å². The molecule has 0 aromatic carbocycles. The van der Waals surface area contributed by atoms with E-state index in [2.05, 4.69) is 5.10 Å². The van der Waals surface area contributed by atoms with E-state index in [1.807, 2.05) is 0 Å². The highest BCUT2D eigenvalue weighted by molar-refractivity contribution is 5.86. The Labute approximate surface area is 80.1 Å². The maximum absolute atomic E-state index is 10.6. The number of Topliss-reactive ketones (excluding diaryl/α,β-unsaturated/α-hetero) is 1. The van der Waals surface area contributed by atoms with Gasteiger partial charge in [-0.25, -0.2) is 4.79 Å². The van der Waals surface area contributed by atoms with E-state index in [0.29, 0.717) is 0 Å². The van der Waals surface area contributed by atoms with Gasteiger partial charge in [0.05, 0.1) is 0 Å². The molecule has 0 aliphatic carbocycles. The molecule has 1 aromatic rings. The lowest BCUT2D eigenvalue weighted by Gasteiger charge is -1.96. The van der Waals surface area contributed by atoms with Crippen molar-refractivity contribution in [3.05, 3.63) is 11.8 Å². The smallest absolute Gasteiger partial charge is 0.354 e. The van der Waals surface area contributed by atoms with Gasteiger partial charge in [0, 0.05) is 13.1 Å². The third kappa shape index (κ3) is 2.32. The average molecular weight is 198 g/mol. The molecule has 0 aliphatic heterocycles. The fraction of sp³-hybridized carbons (Fsp3) is 0.375. The summed E-state index contributed by atoms with van der Waals surface area (Å²) in [4.78, 5) is 21.2. The SMILES string of the molecule is CC(=O)COc1cc(C(=O)O)n(C)n1. The van der Waals surface area contributed by atoms with Crippen molar-refractivity contribution in [1.29, 1.82) is 0 Å². The fourth-order valence-electron chi connectivity index (χ4n) is 0.887. The summed E-state index contributed by atoms with van der Waals surface area (Å²) in [6, 6.07) is 1.27. The molecule has 0 saturated heterocycles. The Kier molecular flexibility index (Phi) is 2.85. The second kappa shape index (κ2) is 3.91. The summed E-state index contributed by atoms with van der Waals surface area (Å²) >= 11 is 0. The van der Waals surface area contributed by atoms with Crippen LogP contribution in [0, 0.1) is 0 Å². The van der Waals surface area contributed by atoms with Gasteiger partial charge in [-0.15, -0.1) is 5.10 Å². The highest BCUT2D eigenvalue weighted by Crippen LogP contribution is 2.10. The Bertz CT molecular complexity index is 369. The number of carboxylic acid groups (broad SMARTS) is 1. The van der Waals surface area contributed by atoms with Crippen LogP contribution in [0.1, 0.15) is 17.4 Å². The number of aromatic nitrogens is 2. The summed E-state index contributed by atoms with van der Waals surface area (Å²) in [6.45, 7) is 1.27. The highest BCUT2D eigenvalue weighted by Gasteiger charge is 2.12. The fourth-order valence-corrected chi connectivity index (χ4v) is 0.887. The Morgan fingerprint density at radius 1 is 1.64 bits per heavy atom. The van der Waals surface area contributed by atoms with Crippen LogP contribution in [0.2, 0.25) is 0 Å². The van der Waals surface area contributed by atoms with Crippen molar-refractivity contribution in [2.24, 2.45) is 7.05 Å². The topological polar surface area (TPSA) is 81.4 Å². The van der Waals surface area contributed by atoms with Gasteiger partial charge in [0.15, 0.2) is 5.78 Å². The molecule has 6 nitrogen and oxygen atoms in total. The van der Waals surface area contributed by atoms with E-state index in [-0.39, 0.29) is 24.0 Å². The van der Waals surface area contributed by atoms with Crippen molar-refractivity contribution >= 4 is 11.8 Å². The van der Waals surface area contributed by atoms with E-state index in [9.17, 15) is 9.59 Å². The lowest BCUT2D eigenvalue weighted by atomic mass is 10.4. The minimum Gasteiger partial charge on any atom is -0.477 e. The number of rotatable bonds is 4. The first-order valence-corrected chi connectivity index (χ1v) is 3.90. The Morgan fingerprint density at radius 3 is 2.71 bits per heavy atom. The Balaban J connectivity index is 2.76. The molecule has 0 bridgehead atoms. The summed E-state index contributed by atoms with van der Waals surface area (Å²) in [5, 5.41) is 12.4. The number of nitrogens with zero attached hydrogens (tertiary/aromatic N) is 2. The summed E-state index contributed by atoms with van der Waals surface area (Å²) in [7, 11) is 1.49. The molecule has 76 valence electrons. The van der Waals surface area contributed by atoms with Crippen LogP contribution in [0.3, 0.4) is 0 Å². The maximum Gasteiger partial charge on any atom is 0.354 e. The molecule has 0 amide bonds. The Hall–Kier alpha value is -1.85. The van der Waals surface area contributed by atoms with Crippen molar-refractivity contribution in [1.82, 2.24) is 9.78 Å². The molecule has 0 aliphatic rings. The molecule has 1 heterocycles. The number of carboxylic acids is 1. The number of aryl methyl sites for hydroxylation is 1. The molecule has 1 N–H and O–H groups in total. The predicted molar refractivity (Wildman–Crippen MR) is 46.3 cm³/mol. The van der Waals surface area contributed by atoms with Gasteiger partial charge in [0.2, 0.25) is 5.88 Å².